The van der Waals surface area contributed by atoms with E-state index in [1.807, 2.05) is 35.2 Å². The van der Waals surface area contributed by atoms with Gasteiger partial charge in [0.15, 0.2) is 0 Å². The van der Waals surface area contributed by atoms with E-state index in [4.69, 9.17) is 10.0 Å². The fourth-order valence-corrected chi connectivity index (χ4v) is 1.95. The quantitative estimate of drug-likeness (QED) is 0.670. The van der Waals surface area contributed by atoms with Gasteiger partial charge in [-0.05, 0) is 24.3 Å². The molecule has 0 bridgehead atoms. The van der Waals surface area contributed by atoms with Gasteiger partial charge in [0.05, 0.1) is 5.00 Å². The second-order valence-corrected chi connectivity index (χ2v) is 3.73. The summed E-state index contributed by atoms with van der Waals surface area (Å²) in [7, 11) is -1.37. The van der Waals surface area contributed by atoms with Crippen molar-refractivity contribution in [2.24, 2.45) is 0 Å². The van der Waals surface area contributed by atoms with Gasteiger partial charge in [-0.15, -0.1) is 11.3 Å². The van der Waals surface area contributed by atoms with E-state index in [0.717, 1.165) is 5.00 Å². The average Bonchev–Trinajstić information content (AvgIpc) is 2.75. The first kappa shape index (κ1) is 8.56. The Kier molecular flexibility index (Phi) is 2.22. The minimum atomic E-state index is -1.37. The van der Waals surface area contributed by atoms with Crippen LogP contribution in [0.5, 0.6) is 0 Å². The number of rotatable bonds is 2. The summed E-state index contributed by atoms with van der Waals surface area (Å²) in [5.74, 6) is 0. The number of hydrogen-bond donors (Lipinski definition) is 2. The zero-order chi connectivity index (χ0) is 9.26. The van der Waals surface area contributed by atoms with Gasteiger partial charge >= 0.3 is 7.12 Å². The van der Waals surface area contributed by atoms with Crippen molar-refractivity contribution in [1.82, 2.24) is 4.57 Å². The normalized spacial score (nSPS) is 10.3. The van der Waals surface area contributed by atoms with E-state index in [2.05, 4.69) is 0 Å². The molecular formula is C8H8BNO2S. The van der Waals surface area contributed by atoms with Gasteiger partial charge in [-0.2, -0.15) is 0 Å². The number of hydrogen-bond acceptors (Lipinski definition) is 3. The third-order valence-corrected chi connectivity index (χ3v) is 2.86. The minimum Gasteiger partial charge on any atom is -0.423 e. The second-order valence-electron chi connectivity index (χ2n) is 2.64. The van der Waals surface area contributed by atoms with Crippen molar-refractivity contribution >= 4 is 23.2 Å². The lowest BCUT2D eigenvalue weighted by Gasteiger charge is -1.95. The molecule has 2 aromatic heterocycles. The number of thiophene rings is 1. The Balaban J connectivity index is 2.33. The van der Waals surface area contributed by atoms with Crippen LogP contribution >= 0.6 is 11.3 Å². The molecule has 0 atom stereocenters. The predicted octanol–water partition coefficient (Wildman–Crippen LogP) is 0.219. The van der Waals surface area contributed by atoms with Crippen LogP contribution in [0.4, 0.5) is 0 Å². The van der Waals surface area contributed by atoms with E-state index in [-0.39, 0.29) is 0 Å². The Morgan fingerprint density at radius 1 is 1.15 bits per heavy atom. The standard InChI is InChI=1S/C8H8BNO2S/c11-9(12)7-3-4-8(13-7)10-5-1-2-6-10/h1-6,11-12H. The van der Waals surface area contributed by atoms with Gasteiger partial charge in [-0.3, -0.25) is 0 Å². The highest BCUT2D eigenvalue weighted by atomic mass is 32.1. The van der Waals surface area contributed by atoms with Crippen LogP contribution in [-0.4, -0.2) is 21.7 Å². The molecular weight excluding hydrogens is 185 g/mol. The van der Waals surface area contributed by atoms with Crippen LogP contribution in [0, 0.1) is 0 Å². The van der Waals surface area contributed by atoms with Gasteiger partial charge in [0.1, 0.15) is 0 Å². The summed E-state index contributed by atoms with van der Waals surface area (Å²) in [6.45, 7) is 0. The summed E-state index contributed by atoms with van der Waals surface area (Å²) in [5.41, 5.74) is 0. The summed E-state index contributed by atoms with van der Waals surface area (Å²) >= 11 is 1.36. The molecule has 5 heteroatoms. The maximum absolute atomic E-state index is 8.89. The van der Waals surface area contributed by atoms with Crippen LogP contribution in [0.25, 0.3) is 5.00 Å². The van der Waals surface area contributed by atoms with Crippen LogP contribution in [0.1, 0.15) is 0 Å². The van der Waals surface area contributed by atoms with Crippen molar-refractivity contribution in [2.45, 2.75) is 0 Å². The lowest BCUT2D eigenvalue weighted by Crippen LogP contribution is -2.26. The van der Waals surface area contributed by atoms with Gasteiger partial charge in [0, 0.05) is 17.2 Å². The fraction of sp³-hybridized carbons (Fsp3) is 0. The molecule has 0 spiro atoms. The van der Waals surface area contributed by atoms with Gasteiger partial charge in [-0.25, -0.2) is 0 Å². The molecule has 2 aromatic rings. The molecule has 13 heavy (non-hydrogen) atoms. The molecule has 2 heterocycles. The maximum atomic E-state index is 8.89. The highest BCUT2D eigenvalue weighted by molar-refractivity contribution is 7.24. The lowest BCUT2D eigenvalue weighted by molar-refractivity contribution is 0.427. The van der Waals surface area contributed by atoms with E-state index in [1.54, 1.807) is 6.07 Å². The molecule has 0 saturated heterocycles. The monoisotopic (exact) mass is 193 g/mol. The summed E-state index contributed by atoms with van der Waals surface area (Å²) in [6, 6.07) is 7.42. The van der Waals surface area contributed by atoms with Crippen molar-refractivity contribution in [3.63, 3.8) is 0 Å². The molecule has 0 aliphatic rings. The largest absolute Gasteiger partial charge is 0.499 e. The Morgan fingerprint density at radius 2 is 1.85 bits per heavy atom. The first-order valence-electron chi connectivity index (χ1n) is 3.86. The van der Waals surface area contributed by atoms with Crippen molar-refractivity contribution in [3.8, 4) is 5.00 Å². The number of nitrogens with zero attached hydrogens (tertiary/aromatic N) is 1. The van der Waals surface area contributed by atoms with Crippen molar-refractivity contribution in [3.05, 3.63) is 36.7 Å². The first-order valence-corrected chi connectivity index (χ1v) is 4.68. The molecule has 0 unspecified atom stereocenters. The molecule has 0 amide bonds. The lowest BCUT2D eigenvalue weighted by atomic mass is 9.90. The Bertz CT molecular complexity index is 383. The molecule has 0 fully saturated rings. The summed E-state index contributed by atoms with van der Waals surface area (Å²) < 4.78 is 2.49. The van der Waals surface area contributed by atoms with Crippen LogP contribution in [0.15, 0.2) is 36.7 Å². The topological polar surface area (TPSA) is 45.4 Å². The smallest absolute Gasteiger partial charge is 0.423 e. The molecule has 2 rings (SSSR count). The first-order chi connectivity index (χ1) is 6.27. The molecule has 0 aliphatic heterocycles. The number of aromatic nitrogens is 1. The van der Waals surface area contributed by atoms with Gasteiger partial charge in [-0.1, -0.05) is 0 Å². The van der Waals surface area contributed by atoms with E-state index in [1.165, 1.54) is 11.3 Å². The summed E-state index contributed by atoms with van der Waals surface area (Å²) in [5, 5.41) is 18.8. The van der Waals surface area contributed by atoms with Gasteiger partial charge in [0.2, 0.25) is 0 Å². The average molecular weight is 193 g/mol. The highest BCUT2D eigenvalue weighted by Gasteiger charge is 2.13. The van der Waals surface area contributed by atoms with E-state index in [9.17, 15) is 0 Å². The zero-order valence-corrected chi connectivity index (χ0v) is 7.61. The second kappa shape index (κ2) is 3.37. The summed E-state index contributed by atoms with van der Waals surface area (Å²) in [6.07, 6.45) is 3.83. The van der Waals surface area contributed by atoms with Crippen molar-refractivity contribution < 1.29 is 10.0 Å². The SMILES string of the molecule is OB(O)c1ccc(-n2cccc2)s1. The Morgan fingerprint density at radius 3 is 2.38 bits per heavy atom. The molecule has 0 radical (unpaired) electrons. The van der Waals surface area contributed by atoms with Gasteiger partial charge in [0.25, 0.3) is 0 Å². The van der Waals surface area contributed by atoms with Crippen LogP contribution in [0.3, 0.4) is 0 Å². The van der Waals surface area contributed by atoms with Crippen molar-refractivity contribution in [1.29, 1.82) is 0 Å². The van der Waals surface area contributed by atoms with Crippen LogP contribution < -0.4 is 4.78 Å². The Hall–Kier alpha value is -1.04. The van der Waals surface area contributed by atoms with E-state index < -0.39 is 7.12 Å². The highest BCUT2D eigenvalue weighted by Crippen LogP contribution is 2.13. The molecule has 0 aliphatic carbocycles. The predicted molar refractivity (Wildman–Crippen MR) is 53.5 cm³/mol. The van der Waals surface area contributed by atoms with Gasteiger partial charge < -0.3 is 14.6 Å². The third-order valence-electron chi connectivity index (χ3n) is 1.73. The molecule has 0 aromatic carbocycles. The molecule has 66 valence electrons. The van der Waals surface area contributed by atoms with Crippen LogP contribution in [0.2, 0.25) is 0 Å². The van der Waals surface area contributed by atoms with Crippen molar-refractivity contribution in [2.75, 3.05) is 0 Å². The Labute approximate surface area is 80.0 Å². The maximum Gasteiger partial charge on any atom is 0.499 e. The molecule has 2 N–H and O–H groups in total. The fourth-order valence-electron chi connectivity index (χ4n) is 1.10. The molecule has 0 saturated carbocycles. The molecule has 3 nitrogen and oxygen atoms in total. The van der Waals surface area contributed by atoms with E-state index >= 15 is 0 Å². The third kappa shape index (κ3) is 1.67. The summed E-state index contributed by atoms with van der Waals surface area (Å²) in [4.78, 5) is 0. The minimum absolute atomic E-state index is 0.559. The van der Waals surface area contributed by atoms with Crippen LogP contribution in [-0.2, 0) is 0 Å². The zero-order valence-electron chi connectivity index (χ0n) is 6.79. The van der Waals surface area contributed by atoms with E-state index in [0.29, 0.717) is 4.78 Å².